The van der Waals surface area contributed by atoms with Crippen LogP contribution in [0.15, 0.2) is 24.5 Å². The average molecular weight is 233 g/mol. The molecule has 4 heteroatoms. The third-order valence-electron chi connectivity index (χ3n) is 3.09. The van der Waals surface area contributed by atoms with Gasteiger partial charge in [0.05, 0.1) is 0 Å². The number of aryl methyl sites for hydroxylation is 1. The second-order valence-corrected chi connectivity index (χ2v) is 4.45. The van der Waals surface area contributed by atoms with Crippen LogP contribution in [-0.4, -0.2) is 30.0 Å². The summed E-state index contributed by atoms with van der Waals surface area (Å²) >= 11 is 0. The van der Waals surface area contributed by atoms with Crippen molar-refractivity contribution in [1.29, 1.82) is 0 Å². The topological polar surface area (TPSA) is 54.0 Å². The highest BCUT2D eigenvalue weighted by Crippen LogP contribution is 2.04. The van der Waals surface area contributed by atoms with Gasteiger partial charge in [-0.05, 0) is 50.0 Å². The minimum atomic E-state index is 0.161. The van der Waals surface area contributed by atoms with Crippen LogP contribution in [-0.2, 0) is 11.2 Å². The molecule has 2 rings (SSSR count). The lowest BCUT2D eigenvalue weighted by molar-refractivity contribution is -0.121. The first-order chi connectivity index (χ1) is 8.34. The molecule has 0 atom stereocenters. The molecule has 1 saturated heterocycles. The number of rotatable bonds is 4. The van der Waals surface area contributed by atoms with Gasteiger partial charge in [0.15, 0.2) is 0 Å². The van der Waals surface area contributed by atoms with Gasteiger partial charge in [-0.3, -0.25) is 9.78 Å². The quantitative estimate of drug-likeness (QED) is 0.812. The molecule has 0 unspecified atom stereocenters. The van der Waals surface area contributed by atoms with Crippen LogP contribution in [0.4, 0.5) is 0 Å². The van der Waals surface area contributed by atoms with E-state index in [1.165, 1.54) is 5.56 Å². The summed E-state index contributed by atoms with van der Waals surface area (Å²) in [7, 11) is 0. The van der Waals surface area contributed by atoms with Crippen LogP contribution in [0.1, 0.15) is 24.8 Å². The Hall–Kier alpha value is -1.42. The van der Waals surface area contributed by atoms with Crippen molar-refractivity contribution in [2.75, 3.05) is 13.1 Å². The van der Waals surface area contributed by atoms with Gasteiger partial charge < -0.3 is 10.6 Å². The van der Waals surface area contributed by atoms with Crippen LogP contribution in [0.5, 0.6) is 0 Å². The SMILES string of the molecule is O=C(CCc1ccncc1)NC1CCNCC1. The Balaban J connectivity index is 1.70. The standard InChI is InChI=1S/C13H19N3O/c17-13(16-12-5-9-15-10-6-12)2-1-11-3-7-14-8-4-11/h3-4,7-8,12,15H,1-2,5-6,9-10H2,(H,16,17). The van der Waals surface area contributed by atoms with Crippen molar-refractivity contribution in [2.45, 2.75) is 31.7 Å². The third kappa shape index (κ3) is 4.15. The number of nitrogens with one attached hydrogen (secondary N) is 2. The number of piperidine rings is 1. The lowest BCUT2D eigenvalue weighted by Crippen LogP contribution is -2.42. The first-order valence-corrected chi connectivity index (χ1v) is 6.23. The molecule has 0 spiro atoms. The van der Waals surface area contributed by atoms with E-state index in [2.05, 4.69) is 15.6 Å². The number of hydrogen-bond donors (Lipinski definition) is 2. The van der Waals surface area contributed by atoms with E-state index in [4.69, 9.17) is 0 Å². The minimum Gasteiger partial charge on any atom is -0.353 e. The van der Waals surface area contributed by atoms with Crippen molar-refractivity contribution in [2.24, 2.45) is 0 Å². The zero-order valence-corrected chi connectivity index (χ0v) is 9.98. The van der Waals surface area contributed by atoms with E-state index < -0.39 is 0 Å². The Labute approximate surface area is 102 Å². The fraction of sp³-hybridized carbons (Fsp3) is 0.538. The van der Waals surface area contributed by atoms with Gasteiger partial charge in [0.1, 0.15) is 0 Å². The zero-order chi connectivity index (χ0) is 11.9. The minimum absolute atomic E-state index is 0.161. The van der Waals surface area contributed by atoms with Gasteiger partial charge in [-0.2, -0.15) is 0 Å². The molecule has 1 aromatic heterocycles. The fourth-order valence-corrected chi connectivity index (χ4v) is 2.07. The lowest BCUT2D eigenvalue weighted by Gasteiger charge is -2.23. The molecule has 1 amide bonds. The summed E-state index contributed by atoms with van der Waals surface area (Å²) in [4.78, 5) is 15.7. The van der Waals surface area contributed by atoms with E-state index in [1.807, 2.05) is 12.1 Å². The molecule has 17 heavy (non-hydrogen) atoms. The number of carbonyl (C=O) groups is 1. The van der Waals surface area contributed by atoms with Crippen molar-refractivity contribution in [3.05, 3.63) is 30.1 Å². The predicted octanol–water partition coefficient (Wildman–Crippen LogP) is 0.882. The average Bonchev–Trinajstić information content (AvgIpc) is 2.39. The molecule has 92 valence electrons. The molecule has 0 bridgehead atoms. The van der Waals surface area contributed by atoms with Crippen LogP contribution >= 0.6 is 0 Å². The molecule has 1 aliphatic heterocycles. The van der Waals surface area contributed by atoms with E-state index in [0.29, 0.717) is 12.5 Å². The van der Waals surface area contributed by atoms with E-state index in [9.17, 15) is 4.79 Å². The molecule has 2 N–H and O–H groups in total. The molecule has 0 saturated carbocycles. The first-order valence-electron chi connectivity index (χ1n) is 6.23. The molecule has 1 aliphatic rings. The summed E-state index contributed by atoms with van der Waals surface area (Å²) in [5, 5.41) is 6.38. The highest BCUT2D eigenvalue weighted by atomic mass is 16.1. The molecule has 2 heterocycles. The van der Waals surface area contributed by atoms with Crippen molar-refractivity contribution in [3.63, 3.8) is 0 Å². The number of hydrogen-bond acceptors (Lipinski definition) is 3. The van der Waals surface area contributed by atoms with Crippen LogP contribution in [0.3, 0.4) is 0 Å². The van der Waals surface area contributed by atoms with Crippen molar-refractivity contribution in [3.8, 4) is 0 Å². The summed E-state index contributed by atoms with van der Waals surface area (Å²) in [5.41, 5.74) is 1.17. The fourth-order valence-electron chi connectivity index (χ4n) is 2.07. The summed E-state index contributed by atoms with van der Waals surface area (Å²) in [6, 6.07) is 4.27. The van der Waals surface area contributed by atoms with E-state index in [0.717, 1.165) is 32.4 Å². The van der Waals surface area contributed by atoms with Crippen molar-refractivity contribution >= 4 is 5.91 Å². The van der Waals surface area contributed by atoms with Crippen LogP contribution < -0.4 is 10.6 Å². The Bertz CT molecular complexity index is 347. The summed E-state index contributed by atoms with van der Waals surface area (Å²) in [6.07, 6.45) is 6.97. The molecule has 1 fully saturated rings. The van der Waals surface area contributed by atoms with Gasteiger partial charge in [0.25, 0.3) is 0 Å². The Morgan fingerprint density at radius 2 is 2.06 bits per heavy atom. The second kappa shape index (κ2) is 6.35. The molecule has 0 aliphatic carbocycles. The number of nitrogens with zero attached hydrogens (tertiary/aromatic N) is 1. The van der Waals surface area contributed by atoms with Gasteiger partial charge in [0.2, 0.25) is 5.91 Å². The highest BCUT2D eigenvalue weighted by molar-refractivity contribution is 5.76. The van der Waals surface area contributed by atoms with E-state index in [1.54, 1.807) is 12.4 Å². The highest BCUT2D eigenvalue weighted by Gasteiger charge is 2.14. The Morgan fingerprint density at radius 3 is 2.76 bits per heavy atom. The van der Waals surface area contributed by atoms with Crippen molar-refractivity contribution in [1.82, 2.24) is 15.6 Å². The van der Waals surface area contributed by atoms with Crippen LogP contribution in [0.25, 0.3) is 0 Å². The van der Waals surface area contributed by atoms with Gasteiger partial charge in [-0.15, -0.1) is 0 Å². The van der Waals surface area contributed by atoms with Gasteiger partial charge >= 0.3 is 0 Å². The smallest absolute Gasteiger partial charge is 0.220 e. The molecule has 0 aromatic carbocycles. The van der Waals surface area contributed by atoms with Crippen molar-refractivity contribution < 1.29 is 4.79 Å². The monoisotopic (exact) mass is 233 g/mol. The maximum absolute atomic E-state index is 11.7. The summed E-state index contributed by atoms with van der Waals surface area (Å²) < 4.78 is 0. The third-order valence-corrected chi connectivity index (χ3v) is 3.09. The summed E-state index contributed by atoms with van der Waals surface area (Å²) in [5.74, 6) is 0.161. The Morgan fingerprint density at radius 1 is 1.35 bits per heavy atom. The van der Waals surface area contributed by atoms with Crippen LogP contribution in [0, 0.1) is 0 Å². The normalized spacial score (nSPS) is 16.7. The van der Waals surface area contributed by atoms with E-state index >= 15 is 0 Å². The largest absolute Gasteiger partial charge is 0.353 e. The number of amides is 1. The van der Waals surface area contributed by atoms with Gasteiger partial charge in [-0.25, -0.2) is 0 Å². The lowest BCUT2D eigenvalue weighted by atomic mass is 10.1. The van der Waals surface area contributed by atoms with Gasteiger partial charge in [-0.1, -0.05) is 0 Å². The molecular weight excluding hydrogens is 214 g/mol. The number of aromatic nitrogens is 1. The molecule has 4 nitrogen and oxygen atoms in total. The molecular formula is C13H19N3O. The predicted molar refractivity (Wildman–Crippen MR) is 66.6 cm³/mol. The Kier molecular flexibility index (Phi) is 4.50. The molecule has 1 aromatic rings. The van der Waals surface area contributed by atoms with Crippen LogP contribution in [0.2, 0.25) is 0 Å². The maximum Gasteiger partial charge on any atom is 0.220 e. The van der Waals surface area contributed by atoms with Gasteiger partial charge in [0, 0.05) is 24.9 Å². The molecule has 0 radical (unpaired) electrons. The second-order valence-electron chi connectivity index (χ2n) is 4.45. The zero-order valence-electron chi connectivity index (χ0n) is 9.98. The summed E-state index contributed by atoms with van der Waals surface area (Å²) in [6.45, 7) is 2.02. The maximum atomic E-state index is 11.7. The first kappa shape index (κ1) is 12.0. The number of carbonyl (C=O) groups excluding carboxylic acids is 1. The van der Waals surface area contributed by atoms with E-state index in [-0.39, 0.29) is 5.91 Å². The number of pyridine rings is 1.